The van der Waals surface area contributed by atoms with Gasteiger partial charge >= 0.3 is 0 Å². The summed E-state index contributed by atoms with van der Waals surface area (Å²) in [5.74, 6) is 0.567. The van der Waals surface area contributed by atoms with Gasteiger partial charge in [-0.15, -0.1) is 10.2 Å². The van der Waals surface area contributed by atoms with Crippen LogP contribution in [0.3, 0.4) is 0 Å². The van der Waals surface area contributed by atoms with Crippen molar-refractivity contribution in [2.24, 2.45) is 0 Å². The monoisotopic (exact) mass is 447 g/mol. The molecule has 4 rings (SSSR count). The Balaban J connectivity index is 1.61. The molecular formula is C22H18BrN5O. The Hall–Kier alpha value is -3.16. The normalized spacial score (nSPS) is 10.8. The largest absolute Gasteiger partial charge is 0.306 e. The number of aromatic nitrogens is 4. The van der Waals surface area contributed by atoms with Gasteiger partial charge in [0.1, 0.15) is 12.0 Å². The standard InChI is InChI=1S/C22H18BrN5O/c23-17-9-10-20(18(12-17)22(29)19-8-4-5-11-25-19)28-15-26-27-21(28)14-24-13-16-6-2-1-3-7-16/h1-12,15,24H,13-14H2. The third-order valence-electron chi connectivity index (χ3n) is 4.43. The van der Waals surface area contributed by atoms with E-state index in [4.69, 9.17) is 0 Å². The number of benzene rings is 2. The minimum absolute atomic E-state index is 0.154. The number of carbonyl (C=O) groups is 1. The molecule has 6 nitrogen and oxygen atoms in total. The van der Waals surface area contributed by atoms with Crippen LogP contribution in [0.1, 0.15) is 27.4 Å². The van der Waals surface area contributed by atoms with Gasteiger partial charge in [0, 0.05) is 22.8 Å². The molecule has 1 N–H and O–H groups in total. The molecule has 0 fully saturated rings. The Morgan fingerprint density at radius 1 is 1.00 bits per heavy atom. The van der Waals surface area contributed by atoms with Crippen LogP contribution < -0.4 is 5.32 Å². The summed E-state index contributed by atoms with van der Waals surface area (Å²) in [4.78, 5) is 17.3. The smallest absolute Gasteiger partial charge is 0.213 e. The van der Waals surface area contributed by atoms with Crippen molar-refractivity contribution in [2.45, 2.75) is 13.1 Å². The van der Waals surface area contributed by atoms with Gasteiger partial charge in [-0.1, -0.05) is 52.3 Å². The molecule has 0 amide bonds. The number of nitrogens with zero attached hydrogens (tertiary/aromatic N) is 4. The predicted molar refractivity (Wildman–Crippen MR) is 114 cm³/mol. The molecule has 0 atom stereocenters. The molecule has 0 aliphatic carbocycles. The van der Waals surface area contributed by atoms with E-state index in [0.29, 0.717) is 30.0 Å². The first-order valence-electron chi connectivity index (χ1n) is 9.11. The van der Waals surface area contributed by atoms with E-state index in [0.717, 1.165) is 10.3 Å². The lowest BCUT2D eigenvalue weighted by molar-refractivity contribution is 0.103. The molecular weight excluding hydrogens is 430 g/mol. The summed E-state index contributed by atoms with van der Waals surface area (Å²) in [6.07, 6.45) is 3.24. The number of carbonyl (C=O) groups excluding carboxylic acids is 1. The molecule has 4 aromatic rings. The highest BCUT2D eigenvalue weighted by molar-refractivity contribution is 9.10. The van der Waals surface area contributed by atoms with E-state index in [1.807, 2.05) is 34.9 Å². The molecule has 7 heteroatoms. The Bertz CT molecular complexity index is 1110. The van der Waals surface area contributed by atoms with Gasteiger partial charge < -0.3 is 5.32 Å². The average molecular weight is 448 g/mol. The van der Waals surface area contributed by atoms with Crippen LogP contribution in [0.2, 0.25) is 0 Å². The van der Waals surface area contributed by atoms with Gasteiger partial charge in [0.25, 0.3) is 0 Å². The zero-order valence-corrected chi connectivity index (χ0v) is 17.1. The van der Waals surface area contributed by atoms with E-state index < -0.39 is 0 Å². The van der Waals surface area contributed by atoms with Crippen molar-refractivity contribution in [3.05, 3.63) is 106 Å². The summed E-state index contributed by atoms with van der Waals surface area (Å²) in [6, 6.07) is 21.0. The first-order valence-corrected chi connectivity index (χ1v) is 9.91. The third kappa shape index (κ3) is 4.47. The quantitative estimate of drug-likeness (QED) is 0.434. The summed E-state index contributed by atoms with van der Waals surface area (Å²) in [7, 11) is 0. The Morgan fingerprint density at radius 2 is 1.83 bits per heavy atom. The molecule has 0 radical (unpaired) electrons. The first kappa shape index (κ1) is 19.2. The fourth-order valence-corrected chi connectivity index (χ4v) is 3.39. The number of hydrogen-bond acceptors (Lipinski definition) is 5. The van der Waals surface area contributed by atoms with Gasteiger partial charge in [-0.05, 0) is 35.9 Å². The first-order chi connectivity index (χ1) is 14.2. The molecule has 0 aliphatic rings. The number of hydrogen-bond donors (Lipinski definition) is 1. The van der Waals surface area contributed by atoms with Crippen molar-refractivity contribution < 1.29 is 4.79 Å². The van der Waals surface area contributed by atoms with Crippen LogP contribution in [-0.4, -0.2) is 25.5 Å². The highest BCUT2D eigenvalue weighted by Crippen LogP contribution is 2.23. The zero-order valence-electron chi connectivity index (χ0n) is 15.5. The number of halogens is 1. The maximum atomic E-state index is 13.1. The van der Waals surface area contributed by atoms with Crippen LogP contribution in [0.15, 0.2) is 83.7 Å². The van der Waals surface area contributed by atoms with Gasteiger partial charge in [-0.3, -0.25) is 14.3 Å². The minimum Gasteiger partial charge on any atom is -0.306 e. The van der Waals surface area contributed by atoms with Crippen LogP contribution in [0.5, 0.6) is 0 Å². The average Bonchev–Trinajstić information content (AvgIpc) is 3.23. The second-order valence-electron chi connectivity index (χ2n) is 6.41. The summed E-state index contributed by atoms with van der Waals surface area (Å²) >= 11 is 3.46. The maximum absolute atomic E-state index is 13.1. The molecule has 0 saturated heterocycles. The fourth-order valence-electron chi connectivity index (χ4n) is 3.03. The zero-order chi connectivity index (χ0) is 20.1. The molecule has 2 heterocycles. The number of pyridine rings is 1. The van der Waals surface area contributed by atoms with E-state index in [9.17, 15) is 4.79 Å². The van der Waals surface area contributed by atoms with Gasteiger partial charge in [0.15, 0.2) is 5.82 Å². The van der Waals surface area contributed by atoms with E-state index in [-0.39, 0.29) is 5.78 Å². The molecule has 0 bridgehead atoms. The van der Waals surface area contributed by atoms with E-state index in [1.165, 1.54) is 5.56 Å². The van der Waals surface area contributed by atoms with Crippen molar-refractivity contribution in [2.75, 3.05) is 0 Å². The molecule has 0 saturated carbocycles. The summed E-state index contributed by atoms with van der Waals surface area (Å²) in [5.41, 5.74) is 2.82. The molecule has 0 unspecified atom stereocenters. The lowest BCUT2D eigenvalue weighted by Gasteiger charge is -2.12. The molecule has 2 aromatic heterocycles. The third-order valence-corrected chi connectivity index (χ3v) is 4.93. The number of ketones is 1. The Morgan fingerprint density at radius 3 is 2.62 bits per heavy atom. The van der Waals surface area contributed by atoms with Crippen LogP contribution in [0.4, 0.5) is 0 Å². The summed E-state index contributed by atoms with van der Waals surface area (Å²) < 4.78 is 2.65. The minimum atomic E-state index is -0.154. The lowest BCUT2D eigenvalue weighted by atomic mass is 10.1. The summed E-state index contributed by atoms with van der Waals surface area (Å²) in [5, 5.41) is 11.7. The van der Waals surface area contributed by atoms with Crippen molar-refractivity contribution in [1.82, 2.24) is 25.1 Å². The van der Waals surface area contributed by atoms with Gasteiger partial charge in [0.2, 0.25) is 5.78 Å². The predicted octanol–water partition coefficient (Wildman–Crippen LogP) is 3.95. The van der Waals surface area contributed by atoms with Gasteiger partial charge in [-0.25, -0.2) is 0 Å². The molecule has 2 aromatic carbocycles. The Kier molecular flexibility index (Phi) is 5.88. The van der Waals surface area contributed by atoms with E-state index in [1.54, 1.807) is 36.8 Å². The van der Waals surface area contributed by atoms with Crippen molar-refractivity contribution in [3.63, 3.8) is 0 Å². The second-order valence-corrected chi connectivity index (χ2v) is 7.33. The fraction of sp³-hybridized carbons (Fsp3) is 0.0909. The lowest BCUT2D eigenvalue weighted by Crippen LogP contribution is -2.17. The van der Waals surface area contributed by atoms with Crippen LogP contribution in [0.25, 0.3) is 5.69 Å². The topological polar surface area (TPSA) is 72.7 Å². The van der Waals surface area contributed by atoms with Crippen LogP contribution >= 0.6 is 15.9 Å². The van der Waals surface area contributed by atoms with Crippen molar-refractivity contribution in [3.8, 4) is 5.69 Å². The summed E-state index contributed by atoms with van der Waals surface area (Å²) in [6.45, 7) is 1.23. The maximum Gasteiger partial charge on any atom is 0.213 e. The Labute approximate surface area is 176 Å². The van der Waals surface area contributed by atoms with E-state index in [2.05, 4.69) is 48.6 Å². The van der Waals surface area contributed by atoms with Crippen molar-refractivity contribution in [1.29, 1.82) is 0 Å². The van der Waals surface area contributed by atoms with Crippen LogP contribution in [0, 0.1) is 0 Å². The molecule has 144 valence electrons. The number of rotatable bonds is 7. The highest BCUT2D eigenvalue weighted by Gasteiger charge is 2.18. The van der Waals surface area contributed by atoms with Crippen LogP contribution in [-0.2, 0) is 13.1 Å². The number of nitrogens with one attached hydrogen (secondary N) is 1. The van der Waals surface area contributed by atoms with Gasteiger partial charge in [0.05, 0.1) is 12.2 Å². The van der Waals surface area contributed by atoms with E-state index >= 15 is 0 Å². The van der Waals surface area contributed by atoms with Gasteiger partial charge in [-0.2, -0.15) is 0 Å². The molecule has 0 aliphatic heterocycles. The second kappa shape index (κ2) is 8.89. The van der Waals surface area contributed by atoms with Crippen molar-refractivity contribution >= 4 is 21.7 Å². The highest BCUT2D eigenvalue weighted by atomic mass is 79.9. The SMILES string of the molecule is O=C(c1ccccn1)c1cc(Br)ccc1-n1cnnc1CNCc1ccccc1. The molecule has 29 heavy (non-hydrogen) atoms. The molecule has 0 spiro atoms.